The average molecular weight is 501 g/mol. The van der Waals surface area contributed by atoms with Crippen LogP contribution in [0.15, 0.2) is 12.2 Å². The molecule has 0 aliphatic carbocycles. The first-order valence-electron chi connectivity index (χ1n) is 10.9. The van der Waals surface area contributed by atoms with E-state index in [0.717, 1.165) is 0 Å². The lowest BCUT2D eigenvalue weighted by Gasteiger charge is -2.27. The van der Waals surface area contributed by atoms with Crippen LogP contribution in [0.2, 0.25) is 0 Å². The number of amides is 4. The number of thioether (sulfide) groups is 1. The minimum Gasteiger partial charge on any atom is -0.456 e. The first-order chi connectivity index (χ1) is 15.6. The number of carbonyl (C=O) groups excluding carboxylic acids is 5. The summed E-state index contributed by atoms with van der Waals surface area (Å²) in [5, 5.41) is 10.1. The number of hydrogen-bond acceptors (Lipinski definition) is 8. The van der Waals surface area contributed by atoms with Gasteiger partial charge in [0.1, 0.15) is 24.2 Å². The molecule has 0 radical (unpaired) electrons. The first kappa shape index (κ1) is 27.0. The summed E-state index contributed by atoms with van der Waals surface area (Å²) in [6.07, 6.45) is 2.90. The van der Waals surface area contributed by atoms with E-state index in [-0.39, 0.29) is 29.9 Å². The number of esters is 1. The second-order valence-corrected chi connectivity index (χ2v) is 10.1. The predicted octanol–water partition coefficient (Wildman–Crippen LogP) is -0.460. The fraction of sp³-hybridized carbons (Fsp3) is 0.667. The van der Waals surface area contributed by atoms with Gasteiger partial charge in [-0.05, 0) is 24.2 Å². The van der Waals surface area contributed by atoms with Gasteiger partial charge in [0.25, 0.3) is 0 Å². The van der Waals surface area contributed by atoms with Crippen LogP contribution in [0.5, 0.6) is 0 Å². The van der Waals surface area contributed by atoms with Crippen molar-refractivity contribution in [2.75, 3.05) is 18.1 Å². The van der Waals surface area contributed by atoms with Crippen molar-refractivity contribution in [1.29, 1.82) is 0 Å². The van der Waals surface area contributed by atoms with Crippen LogP contribution in [0.3, 0.4) is 0 Å². The van der Waals surface area contributed by atoms with E-state index in [1.165, 1.54) is 11.8 Å². The average Bonchev–Trinajstić information content (AvgIpc) is 2.88. The number of cyclic esters (lactones) is 1. The maximum absolute atomic E-state index is 13.0. The zero-order chi connectivity index (χ0) is 24.5. The summed E-state index contributed by atoms with van der Waals surface area (Å²) < 4.78 is 5.55. The number of rotatable bonds is 4. The summed E-state index contributed by atoms with van der Waals surface area (Å²) in [5.41, 5.74) is 0. The molecule has 2 fully saturated rings. The van der Waals surface area contributed by atoms with E-state index in [1.807, 2.05) is 0 Å². The van der Waals surface area contributed by atoms with Crippen molar-refractivity contribution in [2.45, 2.75) is 63.1 Å². The fourth-order valence-corrected chi connectivity index (χ4v) is 4.55. The Morgan fingerprint density at radius 2 is 1.82 bits per heavy atom. The molecule has 3 unspecified atom stereocenters. The molecule has 0 aromatic rings. The molecule has 33 heavy (non-hydrogen) atoms. The Kier molecular flexibility index (Phi) is 10.6. The van der Waals surface area contributed by atoms with Crippen LogP contribution in [-0.4, -0.2) is 77.1 Å². The van der Waals surface area contributed by atoms with Gasteiger partial charge in [0.2, 0.25) is 23.6 Å². The molecule has 2 aliphatic heterocycles. The molecule has 4 N–H and O–H groups in total. The van der Waals surface area contributed by atoms with Gasteiger partial charge in [0, 0.05) is 11.0 Å². The van der Waals surface area contributed by atoms with Crippen LogP contribution >= 0.6 is 24.4 Å². The largest absolute Gasteiger partial charge is 0.456 e. The maximum Gasteiger partial charge on any atom is 0.329 e. The highest BCUT2D eigenvalue weighted by molar-refractivity contribution is 8.00. The first-order valence-corrected chi connectivity index (χ1v) is 12.6. The van der Waals surface area contributed by atoms with Crippen molar-refractivity contribution in [3.63, 3.8) is 0 Å². The van der Waals surface area contributed by atoms with Crippen molar-refractivity contribution < 1.29 is 28.7 Å². The van der Waals surface area contributed by atoms with Gasteiger partial charge in [-0.1, -0.05) is 26.8 Å². The van der Waals surface area contributed by atoms with Gasteiger partial charge in [-0.15, -0.1) is 0 Å². The molecule has 2 aliphatic rings. The molecule has 0 saturated carbocycles. The van der Waals surface area contributed by atoms with E-state index in [2.05, 4.69) is 33.9 Å². The summed E-state index contributed by atoms with van der Waals surface area (Å²) in [5.74, 6) is -2.19. The second-order valence-electron chi connectivity index (χ2n) is 8.27. The molecular formula is C21H32N4O6S2. The van der Waals surface area contributed by atoms with Gasteiger partial charge >= 0.3 is 5.97 Å². The Morgan fingerprint density at radius 1 is 1.09 bits per heavy atom. The molecule has 4 amide bonds. The predicted molar refractivity (Wildman–Crippen MR) is 128 cm³/mol. The highest BCUT2D eigenvalue weighted by atomic mass is 32.2. The molecule has 0 aromatic heterocycles. The van der Waals surface area contributed by atoms with Gasteiger partial charge in [-0.2, -0.15) is 24.4 Å². The van der Waals surface area contributed by atoms with E-state index in [9.17, 15) is 24.0 Å². The van der Waals surface area contributed by atoms with Gasteiger partial charge < -0.3 is 26.0 Å². The number of carbonyl (C=O) groups is 5. The molecular weight excluding hydrogens is 468 g/mol. The molecule has 2 heterocycles. The summed E-state index contributed by atoms with van der Waals surface area (Å²) in [6.45, 7) is 4.98. The summed E-state index contributed by atoms with van der Waals surface area (Å²) in [4.78, 5) is 63.2. The number of fused-ring (bicyclic) bond motifs is 3. The monoisotopic (exact) mass is 500 g/mol. The van der Waals surface area contributed by atoms with E-state index >= 15 is 0 Å². The maximum atomic E-state index is 13.0. The molecule has 12 heteroatoms. The molecule has 184 valence electrons. The summed E-state index contributed by atoms with van der Waals surface area (Å²) in [7, 11) is 0. The number of thiol groups is 1. The number of allylic oxidation sites excluding steroid dienone is 1. The third kappa shape index (κ3) is 8.26. The van der Waals surface area contributed by atoms with Gasteiger partial charge in [-0.3, -0.25) is 19.2 Å². The standard InChI is InChI=1S/C21H32N4O6S2/c1-11(2)17-21(30)31-13(6-4-5-7-32)8-15(26)22-9-16(27)23-14-10-33-12(3)18(20(29)24-17)25-19(14)28/h4,6,11-14,17-18,32H,5,7-10H2,1-3H3,(H,22,26)(H,23,27)(H,24,29)(H,25,28)/b6-4+/t12?,13-,14+,17?,18?/m0/s1. The second kappa shape index (κ2) is 12.9. The third-order valence-electron chi connectivity index (χ3n) is 5.19. The SMILES string of the molecule is CC(C)C1NC(=O)C2NC(=O)[C@@H](CSC2C)NC(=O)CNC(=O)C[C@H](/C=C/CCS)OC1=O. The van der Waals surface area contributed by atoms with Gasteiger partial charge in [0.05, 0.1) is 13.0 Å². The number of nitrogens with one attached hydrogen (secondary N) is 4. The highest BCUT2D eigenvalue weighted by Gasteiger charge is 2.38. The van der Waals surface area contributed by atoms with Crippen molar-refractivity contribution in [1.82, 2.24) is 21.3 Å². The van der Waals surface area contributed by atoms with Gasteiger partial charge in [-0.25, -0.2) is 4.79 Å². The van der Waals surface area contributed by atoms with Crippen molar-refractivity contribution in [2.24, 2.45) is 5.92 Å². The minimum absolute atomic E-state index is 0.194. The molecule has 2 saturated heterocycles. The van der Waals surface area contributed by atoms with Crippen LogP contribution in [0.4, 0.5) is 0 Å². The summed E-state index contributed by atoms with van der Waals surface area (Å²) in [6, 6.07) is -2.71. The normalized spacial score (nSPS) is 30.3. The molecule has 0 spiro atoms. The van der Waals surface area contributed by atoms with Crippen LogP contribution in [0, 0.1) is 5.92 Å². The number of ether oxygens (including phenoxy) is 1. The van der Waals surface area contributed by atoms with Crippen LogP contribution in [-0.2, 0) is 28.7 Å². The van der Waals surface area contributed by atoms with Crippen LogP contribution in [0.1, 0.15) is 33.6 Å². The third-order valence-corrected chi connectivity index (χ3v) is 6.77. The number of hydrogen-bond donors (Lipinski definition) is 5. The zero-order valence-electron chi connectivity index (χ0n) is 19.0. The Hall–Kier alpha value is -2.21. The smallest absolute Gasteiger partial charge is 0.329 e. The van der Waals surface area contributed by atoms with Crippen molar-refractivity contribution >= 4 is 54.0 Å². The zero-order valence-corrected chi connectivity index (χ0v) is 20.7. The van der Waals surface area contributed by atoms with E-state index in [0.29, 0.717) is 12.2 Å². The molecule has 10 nitrogen and oxygen atoms in total. The Morgan fingerprint density at radius 3 is 2.48 bits per heavy atom. The molecule has 5 atom stereocenters. The fourth-order valence-electron chi connectivity index (χ4n) is 3.29. The van der Waals surface area contributed by atoms with Crippen LogP contribution in [0.25, 0.3) is 0 Å². The minimum atomic E-state index is -0.970. The Bertz CT molecular complexity index is 791. The molecule has 2 bridgehead atoms. The van der Waals surface area contributed by atoms with Crippen molar-refractivity contribution in [3.8, 4) is 0 Å². The molecule has 2 rings (SSSR count). The quantitative estimate of drug-likeness (QED) is 0.200. The van der Waals surface area contributed by atoms with Crippen molar-refractivity contribution in [3.05, 3.63) is 12.2 Å². The molecule has 0 aromatic carbocycles. The lowest BCUT2D eigenvalue weighted by atomic mass is 10.0. The van der Waals surface area contributed by atoms with Gasteiger partial charge in [0.15, 0.2) is 0 Å². The van der Waals surface area contributed by atoms with Crippen LogP contribution < -0.4 is 21.3 Å². The van der Waals surface area contributed by atoms with E-state index < -0.39 is 53.8 Å². The Balaban J connectivity index is 2.33. The van der Waals surface area contributed by atoms with E-state index in [1.54, 1.807) is 32.9 Å². The highest BCUT2D eigenvalue weighted by Crippen LogP contribution is 2.20. The summed E-state index contributed by atoms with van der Waals surface area (Å²) >= 11 is 5.48. The Labute approximate surface area is 203 Å². The lowest BCUT2D eigenvalue weighted by Crippen LogP contribution is -2.58. The van der Waals surface area contributed by atoms with E-state index in [4.69, 9.17) is 4.74 Å². The lowest BCUT2D eigenvalue weighted by molar-refractivity contribution is -0.153. The topological polar surface area (TPSA) is 143 Å².